The molecular weight excluding hydrogens is 366 g/mol. The molecule has 0 aliphatic carbocycles. The van der Waals surface area contributed by atoms with Crippen LogP contribution in [0.4, 0.5) is 5.69 Å². The summed E-state index contributed by atoms with van der Waals surface area (Å²) in [6.07, 6.45) is 2.57. The second-order valence-electron chi connectivity index (χ2n) is 7.71. The minimum atomic E-state index is 0.0627. The van der Waals surface area contributed by atoms with E-state index in [0.29, 0.717) is 19.0 Å². The normalized spacial score (nSPS) is 20.7. The van der Waals surface area contributed by atoms with Crippen LogP contribution in [-0.2, 0) is 16.1 Å². The highest BCUT2D eigenvalue weighted by atomic mass is 16.5. The third-order valence-electron chi connectivity index (χ3n) is 5.46. The maximum absolute atomic E-state index is 11.8. The molecule has 2 fully saturated rings. The summed E-state index contributed by atoms with van der Waals surface area (Å²) < 4.78 is 5.49. The van der Waals surface area contributed by atoms with Gasteiger partial charge in [-0.3, -0.25) is 9.69 Å². The standard InChI is InChI=1S/C22H35N5O2/c1-3-6-21(28)25-19-8-5-7-18(15-19)16-24-22(23-4-2)27-10-9-20(17-27)26-11-13-29-14-12-26/h5,7-8,15,20H,3-4,6,9-14,16-17H2,1-2H3,(H,23,24)(H,25,28). The first-order chi connectivity index (χ1) is 14.2. The van der Waals surface area contributed by atoms with Gasteiger partial charge in [0.2, 0.25) is 5.91 Å². The maximum atomic E-state index is 11.8. The predicted molar refractivity (Wildman–Crippen MR) is 117 cm³/mol. The van der Waals surface area contributed by atoms with Gasteiger partial charge in [-0.1, -0.05) is 19.1 Å². The molecule has 2 N–H and O–H groups in total. The smallest absolute Gasteiger partial charge is 0.224 e. The van der Waals surface area contributed by atoms with Gasteiger partial charge in [0, 0.05) is 50.9 Å². The summed E-state index contributed by atoms with van der Waals surface area (Å²) in [4.78, 5) is 21.6. The summed E-state index contributed by atoms with van der Waals surface area (Å²) >= 11 is 0. The molecule has 0 radical (unpaired) electrons. The van der Waals surface area contributed by atoms with Crippen molar-refractivity contribution in [2.24, 2.45) is 4.99 Å². The summed E-state index contributed by atoms with van der Waals surface area (Å²) in [6.45, 7) is 11.4. The number of carbonyl (C=O) groups excluding carboxylic acids is 1. The first kappa shape index (κ1) is 21.6. The van der Waals surface area contributed by atoms with Crippen molar-refractivity contribution in [3.8, 4) is 0 Å². The van der Waals surface area contributed by atoms with Gasteiger partial charge in [-0.2, -0.15) is 0 Å². The number of amides is 1. The molecule has 2 saturated heterocycles. The van der Waals surface area contributed by atoms with Crippen molar-refractivity contribution in [1.29, 1.82) is 0 Å². The largest absolute Gasteiger partial charge is 0.379 e. The lowest BCUT2D eigenvalue weighted by molar-refractivity contribution is -0.116. The lowest BCUT2D eigenvalue weighted by atomic mass is 10.2. The SMILES string of the molecule is CCCC(=O)Nc1cccc(CN=C(NCC)N2CCC(N3CCOCC3)C2)c1. The van der Waals surface area contributed by atoms with Gasteiger partial charge < -0.3 is 20.3 Å². The summed E-state index contributed by atoms with van der Waals surface area (Å²) in [5.41, 5.74) is 1.94. The molecule has 7 heteroatoms. The topological polar surface area (TPSA) is 69.2 Å². The Morgan fingerprint density at radius 2 is 2.07 bits per heavy atom. The number of carbonyl (C=O) groups is 1. The number of benzene rings is 1. The highest BCUT2D eigenvalue weighted by molar-refractivity contribution is 5.90. The fourth-order valence-corrected chi connectivity index (χ4v) is 3.96. The van der Waals surface area contributed by atoms with Gasteiger partial charge in [0.1, 0.15) is 0 Å². The van der Waals surface area contributed by atoms with Crippen molar-refractivity contribution in [1.82, 2.24) is 15.1 Å². The van der Waals surface area contributed by atoms with Crippen molar-refractivity contribution < 1.29 is 9.53 Å². The van der Waals surface area contributed by atoms with Crippen molar-refractivity contribution in [2.45, 2.75) is 45.7 Å². The molecule has 2 aliphatic heterocycles. The molecule has 1 aromatic carbocycles. The molecule has 29 heavy (non-hydrogen) atoms. The Morgan fingerprint density at radius 3 is 2.83 bits per heavy atom. The Labute approximate surface area is 174 Å². The molecule has 0 aromatic heterocycles. The van der Waals surface area contributed by atoms with E-state index in [4.69, 9.17) is 9.73 Å². The minimum Gasteiger partial charge on any atom is -0.379 e. The Bertz CT molecular complexity index is 688. The lowest BCUT2D eigenvalue weighted by Gasteiger charge is -2.32. The Hall–Kier alpha value is -2.12. The van der Waals surface area contributed by atoms with E-state index in [0.717, 1.165) is 69.6 Å². The van der Waals surface area contributed by atoms with E-state index in [-0.39, 0.29) is 5.91 Å². The molecule has 1 atom stereocenters. The lowest BCUT2D eigenvalue weighted by Crippen LogP contribution is -2.46. The van der Waals surface area contributed by atoms with Gasteiger partial charge in [-0.15, -0.1) is 0 Å². The second-order valence-corrected chi connectivity index (χ2v) is 7.71. The fraction of sp³-hybridized carbons (Fsp3) is 0.636. The minimum absolute atomic E-state index is 0.0627. The van der Waals surface area contributed by atoms with Crippen LogP contribution >= 0.6 is 0 Å². The molecule has 2 aliphatic rings. The zero-order valence-corrected chi connectivity index (χ0v) is 17.8. The third-order valence-corrected chi connectivity index (χ3v) is 5.46. The zero-order valence-electron chi connectivity index (χ0n) is 17.8. The first-order valence-corrected chi connectivity index (χ1v) is 10.9. The Kier molecular flexibility index (Phi) is 8.31. The number of nitrogens with one attached hydrogen (secondary N) is 2. The number of aliphatic imine (C=N–C) groups is 1. The second kappa shape index (κ2) is 11.2. The number of anilines is 1. The molecule has 1 amide bonds. The molecule has 0 saturated carbocycles. The van der Waals surface area contributed by atoms with E-state index in [1.807, 2.05) is 25.1 Å². The van der Waals surface area contributed by atoms with Crippen LogP contribution in [0.3, 0.4) is 0 Å². The highest BCUT2D eigenvalue weighted by Crippen LogP contribution is 2.18. The van der Waals surface area contributed by atoms with Crippen molar-refractivity contribution >= 4 is 17.6 Å². The van der Waals surface area contributed by atoms with Crippen molar-refractivity contribution in [3.63, 3.8) is 0 Å². The number of ether oxygens (including phenoxy) is 1. The van der Waals surface area contributed by atoms with Crippen LogP contribution in [0.1, 0.15) is 38.7 Å². The molecule has 1 unspecified atom stereocenters. The Morgan fingerprint density at radius 1 is 1.24 bits per heavy atom. The van der Waals surface area contributed by atoms with Crippen molar-refractivity contribution in [3.05, 3.63) is 29.8 Å². The van der Waals surface area contributed by atoms with Gasteiger partial charge >= 0.3 is 0 Å². The first-order valence-electron chi connectivity index (χ1n) is 10.9. The van der Waals surface area contributed by atoms with Crippen LogP contribution in [0.25, 0.3) is 0 Å². The number of guanidine groups is 1. The van der Waals surface area contributed by atoms with Gasteiger partial charge in [0.25, 0.3) is 0 Å². The number of hydrogen-bond donors (Lipinski definition) is 2. The Balaban J connectivity index is 1.60. The molecule has 2 heterocycles. The van der Waals surface area contributed by atoms with Crippen LogP contribution in [0.5, 0.6) is 0 Å². The molecule has 0 bridgehead atoms. The number of likely N-dealkylation sites (tertiary alicyclic amines) is 1. The van der Waals surface area contributed by atoms with Gasteiger partial charge in [0.05, 0.1) is 19.8 Å². The average Bonchev–Trinajstić information content (AvgIpc) is 3.22. The monoisotopic (exact) mass is 401 g/mol. The fourth-order valence-electron chi connectivity index (χ4n) is 3.96. The average molecular weight is 402 g/mol. The van der Waals surface area contributed by atoms with Gasteiger partial charge in [-0.05, 0) is 37.5 Å². The maximum Gasteiger partial charge on any atom is 0.224 e. The van der Waals surface area contributed by atoms with Crippen LogP contribution in [-0.4, -0.2) is 73.6 Å². The summed E-state index contributed by atoms with van der Waals surface area (Å²) in [6, 6.07) is 8.56. The number of nitrogens with zero attached hydrogens (tertiary/aromatic N) is 3. The predicted octanol–water partition coefficient (Wildman–Crippen LogP) is 2.30. The number of morpholine rings is 1. The van der Waals surface area contributed by atoms with Crippen LogP contribution < -0.4 is 10.6 Å². The molecule has 3 rings (SSSR count). The molecule has 1 aromatic rings. The van der Waals surface area contributed by atoms with Gasteiger partial charge in [0.15, 0.2) is 5.96 Å². The quantitative estimate of drug-likeness (QED) is 0.542. The molecular formula is C22H35N5O2. The van der Waals surface area contributed by atoms with E-state index in [1.54, 1.807) is 0 Å². The van der Waals surface area contributed by atoms with E-state index in [2.05, 4.69) is 33.4 Å². The molecule has 0 spiro atoms. The molecule has 7 nitrogen and oxygen atoms in total. The van der Waals surface area contributed by atoms with E-state index >= 15 is 0 Å². The summed E-state index contributed by atoms with van der Waals surface area (Å²) in [7, 11) is 0. The van der Waals surface area contributed by atoms with Crippen LogP contribution in [0, 0.1) is 0 Å². The number of hydrogen-bond acceptors (Lipinski definition) is 4. The van der Waals surface area contributed by atoms with Gasteiger partial charge in [-0.25, -0.2) is 4.99 Å². The highest BCUT2D eigenvalue weighted by Gasteiger charge is 2.30. The summed E-state index contributed by atoms with van der Waals surface area (Å²) in [5.74, 6) is 1.04. The van der Waals surface area contributed by atoms with E-state index in [9.17, 15) is 4.79 Å². The third kappa shape index (κ3) is 6.44. The number of rotatable bonds is 7. The molecule has 160 valence electrons. The zero-order chi connectivity index (χ0) is 20.5. The van der Waals surface area contributed by atoms with Crippen molar-refractivity contribution in [2.75, 3.05) is 51.3 Å². The summed E-state index contributed by atoms with van der Waals surface area (Å²) in [5, 5.41) is 6.41. The van der Waals surface area contributed by atoms with Crippen LogP contribution in [0.2, 0.25) is 0 Å². The van der Waals surface area contributed by atoms with E-state index < -0.39 is 0 Å². The van der Waals surface area contributed by atoms with Crippen LogP contribution in [0.15, 0.2) is 29.3 Å². The van der Waals surface area contributed by atoms with E-state index in [1.165, 1.54) is 6.42 Å².